The molecular formula is C26H35FN4O3. The van der Waals surface area contributed by atoms with E-state index < -0.39 is 0 Å². The minimum atomic E-state index is -0.174. The van der Waals surface area contributed by atoms with Gasteiger partial charge in [-0.15, -0.1) is 0 Å². The zero-order chi connectivity index (χ0) is 24.2. The molecule has 2 atom stereocenters. The number of likely N-dealkylation sites (tertiary alicyclic amines) is 1. The molecule has 0 radical (unpaired) electrons. The zero-order valence-corrected chi connectivity index (χ0v) is 20.1. The van der Waals surface area contributed by atoms with Gasteiger partial charge in [-0.3, -0.25) is 14.6 Å². The van der Waals surface area contributed by atoms with E-state index in [1.165, 1.54) is 6.07 Å². The molecule has 7 nitrogen and oxygen atoms in total. The third-order valence-electron chi connectivity index (χ3n) is 7.05. The van der Waals surface area contributed by atoms with Crippen LogP contribution in [-0.4, -0.2) is 72.3 Å². The van der Waals surface area contributed by atoms with Crippen molar-refractivity contribution in [2.24, 2.45) is 10.7 Å². The zero-order valence-electron chi connectivity index (χ0n) is 20.1. The molecule has 2 aliphatic heterocycles. The van der Waals surface area contributed by atoms with Crippen molar-refractivity contribution >= 4 is 17.5 Å². The molecule has 1 saturated carbocycles. The number of ether oxygens (including phenoxy) is 1. The number of morpholine rings is 1. The molecule has 4 rings (SSSR count). The van der Waals surface area contributed by atoms with E-state index in [2.05, 4.69) is 4.99 Å². The smallest absolute Gasteiger partial charge is 0.270 e. The molecule has 1 aromatic rings. The Balaban J connectivity index is 1.36. The van der Waals surface area contributed by atoms with Crippen molar-refractivity contribution in [3.05, 3.63) is 46.9 Å². The molecular weight excluding hydrogens is 435 g/mol. The van der Waals surface area contributed by atoms with Gasteiger partial charge in [-0.25, -0.2) is 4.39 Å². The van der Waals surface area contributed by atoms with Crippen LogP contribution in [0.1, 0.15) is 57.4 Å². The molecule has 3 fully saturated rings. The molecule has 1 aliphatic carbocycles. The number of carbonyl (C=O) groups excluding carboxylic acids is 2. The number of nitrogens with two attached hydrogens (primary N) is 1. The Labute approximate surface area is 200 Å². The van der Waals surface area contributed by atoms with Gasteiger partial charge in [-0.2, -0.15) is 0 Å². The van der Waals surface area contributed by atoms with Gasteiger partial charge in [0.05, 0.1) is 12.2 Å². The Bertz CT molecular complexity index is 974. The summed E-state index contributed by atoms with van der Waals surface area (Å²) in [5.41, 5.74) is 8.84. The van der Waals surface area contributed by atoms with E-state index >= 15 is 0 Å². The summed E-state index contributed by atoms with van der Waals surface area (Å²) in [5, 5.41) is 0. The molecule has 1 aromatic carbocycles. The lowest BCUT2D eigenvalue weighted by Gasteiger charge is -2.35. The van der Waals surface area contributed by atoms with Gasteiger partial charge in [0, 0.05) is 37.5 Å². The molecule has 2 amide bonds. The molecule has 184 valence electrons. The summed E-state index contributed by atoms with van der Waals surface area (Å²) < 4.78 is 19.8. The Morgan fingerprint density at radius 3 is 2.44 bits per heavy atom. The number of piperidine rings is 1. The van der Waals surface area contributed by atoms with Crippen LogP contribution in [0, 0.1) is 5.82 Å². The third kappa shape index (κ3) is 5.49. The Morgan fingerprint density at radius 2 is 1.76 bits per heavy atom. The molecule has 0 aromatic heterocycles. The number of nitrogens with zero attached hydrogens (tertiary/aromatic N) is 3. The summed E-state index contributed by atoms with van der Waals surface area (Å²) in [5.74, 6) is -0.246. The Hall–Kier alpha value is -2.74. The van der Waals surface area contributed by atoms with E-state index in [4.69, 9.17) is 10.5 Å². The van der Waals surface area contributed by atoms with Crippen molar-refractivity contribution in [2.75, 3.05) is 32.7 Å². The predicted molar refractivity (Wildman–Crippen MR) is 129 cm³/mol. The van der Waals surface area contributed by atoms with Crippen LogP contribution in [0.25, 0.3) is 0 Å². The number of amides is 2. The van der Waals surface area contributed by atoms with Gasteiger partial charge in [0.25, 0.3) is 5.91 Å². The lowest BCUT2D eigenvalue weighted by Crippen LogP contribution is -2.49. The van der Waals surface area contributed by atoms with Crippen molar-refractivity contribution in [3.8, 4) is 0 Å². The minimum absolute atomic E-state index is 0.0256. The average Bonchev–Trinajstić information content (AvgIpc) is 3.30. The second-order valence-corrected chi connectivity index (χ2v) is 9.65. The molecule has 3 aliphatic rings. The maximum Gasteiger partial charge on any atom is 0.270 e. The topological polar surface area (TPSA) is 88.2 Å². The number of hydrogen-bond acceptors (Lipinski definition) is 5. The van der Waals surface area contributed by atoms with Crippen LogP contribution in [-0.2, 0) is 14.3 Å². The highest BCUT2D eigenvalue weighted by Gasteiger charge is 2.30. The molecule has 2 heterocycles. The Morgan fingerprint density at radius 1 is 1.09 bits per heavy atom. The Kier molecular flexibility index (Phi) is 7.66. The van der Waals surface area contributed by atoms with Crippen molar-refractivity contribution < 1.29 is 18.7 Å². The van der Waals surface area contributed by atoms with Gasteiger partial charge in [0.2, 0.25) is 5.91 Å². The van der Waals surface area contributed by atoms with Gasteiger partial charge in [-0.05, 0) is 63.5 Å². The van der Waals surface area contributed by atoms with Gasteiger partial charge in [0.15, 0.2) is 0 Å². The van der Waals surface area contributed by atoms with Crippen molar-refractivity contribution in [2.45, 2.75) is 64.1 Å². The molecule has 8 heteroatoms. The number of aliphatic imine (C=N–C) groups is 1. The number of hydrogen-bond donors (Lipinski definition) is 1. The van der Waals surface area contributed by atoms with Crippen LogP contribution < -0.4 is 5.73 Å². The largest absolute Gasteiger partial charge is 0.394 e. The quantitative estimate of drug-likeness (QED) is 0.686. The van der Waals surface area contributed by atoms with Gasteiger partial charge < -0.3 is 20.3 Å². The highest BCUT2D eigenvalue weighted by Crippen LogP contribution is 2.30. The highest BCUT2D eigenvalue weighted by atomic mass is 19.1. The van der Waals surface area contributed by atoms with Gasteiger partial charge in [-0.1, -0.05) is 18.2 Å². The molecule has 2 N–H and O–H groups in total. The fourth-order valence-corrected chi connectivity index (χ4v) is 5.34. The molecule has 0 unspecified atom stereocenters. The number of allylic oxidation sites excluding steroid dienone is 1. The highest BCUT2D eigenvalue weighted by molar-refractivity contribution is 6.09. The summed E-state index contributed by atoms with van der Waals surface area (Å²) in [6, 6.07) is 6.88. The normalized spacial score (nSPS) is 26.7. The second kappa shape index (κ2) is 10.7. The standard InChI is InChI=1S/C26H35FN4O3/c1-17-15-31(16-18(2)34-17)26(33)25(28)21-7-5-9-23(21)29-14-24(32)30-12-10-19(11-13-30)20-6-3-4-8-22(20)27/h3-4,6,8,17-19H,5,7,9-16,28H2,1-2H3/b25-21-,29-23?/t17-,18+. The molecule has 2 saturated heterocycles. The lowest BCUT2D eigenvalue weighted by molar-refractivity contribution is -0.139. The lowest BCUT2D eigenvalue weighted by atomic mass is 9.89. The summed E-state index contributed by atoms with van der Waals surface area (Å²) in [6.07, 6.45) is 3.74. The maximum absolute atomic E-state index is 14.1. The second-order valence-electron chi connectivity index (χ2n) is 9.65. The van der Waals surface area contributed by atoms with E-state index in [0.29, 0.717) is 32.6 Å². The first-order valence-electron chi connectivity index (χ1n) is 12.3. The number of benzene rings is 1. The van der Waals surface area contributed by atoms with Crippen LogP contribution in [0.3, 0.4) is 0 Å². The summed E-state index contributed by atoms with van der Waals surface area (Å²) in [6.45, 7) is 6.18. The minimum Gasteiger partial charge on any atom is -0.394 e. The molecule has 0 bridgehead atoms. The number of carbonyl (C=O) groups is 2. The van der Waals surface area contributed by atoms with E-state index in [9.17, 15) is 14.0 Å². The number of rotatable bonds is 4. The maximum atomic E-state index is 14.1. The predicted octanol–water partition coefficient (Wildman–Crippen LogP) is 3.01. The summed E-state index contributed by atoms with van der Waals surface area (Å²) >= 11 is 0. The van der Waals surface area contributed by atoms with E-state index in [0.717, 1.165) is 42.5 Å². The van der Waals surface area contributed by atoms with Crippen LogP contribution in [0.2, 0.25) is 0 Å². The van der Waals surface area contributed by atoms with Crippen LogP contribution in [0.15, 0.2) is 40.5 Å². The SMILES string of the molecule is C[C@@H]1CN(C(=O)/C(N)=C2\CCCC2=NCC(=O)N2CCC(c3ccccc3F)CC2)C[C@H](C)O1. The van der Waals surface area contributed by atoms with Gasteiger partial charge in [0.1, 0.15) is 18.1 Å². The fraction of sp³-hybridized carbons (Fsp3) is 0.577. The first-order chi connectivity index (χ1) is 16.3. The summed E-state index contributed by atoms with van der Waals surface area (Å²) in [4.78, 5) is 34.0. The van der Waals surface area contributed by atoms with Crippen molar-refractivity contribution in [3.63, 3.8) is 0 Å². The van der Waals surface area contributed by atoms with Crippen LogP contribution in [0.5, 0.6) is 0 Å². The molecule has 0 spiro atoms. The van der Waals surface area contributed by atoms with E-state index in [1.807, 2.05) is 30.9 Å². The summed E-state index contributed by atoms with van der Waals surface area (Å²) in [7, 11) is 0. The van der Waals surface area contributed by atoms with Crippen LogP contribution >= 0.6 is 0 Å². The molecule has 34 heavy (non-hydrogen) atoms. The monoisotopic (exact) mass is 470 g/mol. The first kappa shape index (κ1) is 24.4. The average molecular weight is 471 g/mol. The van der Waals surface area contributed by atoms with E-state index in [1.54, 1.807) is 11.0 Å². The third-order valence-corrected chi connectivity index (χ3v) is 7.05. The van der Waals surface area contributed by atoms with E-state index in [-0.39, 0.29) is 48.0 Å². The fourth-order valence-electron chi connectivity index (χ4n) is 5.34. The van der Waals surface area contributed by atoms with Crippen LogP contribution in [0.4, 0.5) is 4.39 Å². The van der Waals surface area contributed by atoms with Gasteiger partial charge >= 0.3 is 0 Å². The van der Waals surface area contributed by atoms with Crippen molar-refractivity contribution in [1.82, 2.24) is 9.80 Å². The van der Waals surface area contributed by atoms with Crippen molar-refractivity contribution in [1.29, 1.82) is 0 Å². The first-order valence-corrected chi connectivity index (χ1v) is 12.3. The number of halogens is 1.